The molecule has 0 saturated heterocycles. The third-order valence-electron chi connectivity index (χ3n) is 2.08. The number of nitrogens with two attached hydrogens (primary N) is 1. The molecule has 6 heteroatoms. The van der Waals surface area contributed by atoms with Gasteiger partial charge in [-0.25, -0.2) is 4.98 Å². The minimum Gasteiger partial charge on any atom is -0.480 e. The first-order valence-corrected chi connectivity index (χ1v) is 5.71. The molecule has 0 aliphatic carbocycles. The fraction of sp³-hybridized carbons (Fsp3) is 0.200. The van der Waals surface area contributed by atoms with Gasteiger partial charge in [0.25, 0.3) is 0 Å². The number of H-pyrrole nitrogens is 1. The van der Waals surface area contributed by atoms with E-state index in [9.17, 15) is 4.79 Å². The van der Waals surface area contributed by atoms with Gasteiger partial charge in [-0.3, -0.25) is 4.79 Å². The number of carbonyl (C=O) groups is 1. The monoisotopic (exact) mass is 237 g/mol. The molecule has 0 amide bonds. The molecular formula is C10H11N3O2S. The maximum absolute atomic E-state index is 10.5. The first-order valence-electron chi connectivity index (χ1n) is 4.73. The van der Waals surface area contributed by atoms with E-state index >= 15 is 0 Å². The van der Waals surface area contributed by atoms with Crippen LogP contribution >= 0.6 is 11.8 Å². The zero-order valence-corrected chi connectivity index (χ0v) is 9.20. The van der Waals surface area contributed by atoms with Crippen molar-refractivity contribution < 1.29 is 9.90 Å². The molecule has 16 heavy (non-hydrogen) atoms. The number of hydrogen-bond acceptors (Lipinski definition) is 4. The van der Waals surface area contributed by atoms with Crippen LogP contribution in [0.2, 0.25) is 0 Å². The first kappa shape index (κ1) is 11.0. The Bertz CT molecular complexity index is 478. The summed E-state index contributed by atoms with van der Waals surface area (Å²) in [5, 5.41) is 9.32. The van der Waals surface area contributed by atoms with E-state index in [4.69, 9.17) is 10.8 Å². The van der Waals surface area contributed by atoms with Gasteiger partial charge < -0.3 is 15.8 Å². The van der Waals surface area contributed by atoms with E-state index in [1.807, 2.05) is 24.3 Å². The molecular weight excluding hydrogens is 226 g/mol. The molecule has 0 radical (unpaired) electrons. The summed E-state index contributed by atoms with van der Waals surface area (Å²) in [5.74, 6) is -0.696. The van der Waals surface area contributed by atoms with Crippen LogP contribution in [0.4, 0.5) is 0 Å². The minimum atomic E-state index is -0.997. The van der Waals surface area contributed by atoms with Crippen LogP contribution in [0, 0.1) is 0 Å². The Balaban J connectivity index is 2.07. The first-order chi connectivity index (χ1) is 7.66. The predicted octanol–water partition coefficient (Wildman–Crippen LogP) is 1.07. The summed E-state index contributed by atoms with van der Waals surface area (Å²) in [6.07, 6.45) is 0. The lowest BCUT2D eigenvalue weighted by Gasteiger charge is -2.02. The molecule has 1 aromatic carbocycles. The molecule has 0 saturated carbocycles. The standard InChI is InChI=1S/C10H11N3O2S/c11-6(9(14)15)5-16-10-12-7-3-1-2-4-8(7)13-10/h1-4,6H,5,11H2,(H,12,13)(H,14,15). The van der Waals surface area contributed by atoms with Crippen molar-refractivity contribution in [2.24, 2.45) is 5.73 Å². The zero-order valence-electron chi connectivity index (χ0n) is 8.38. The van der Waals surface area contributed by atoms with Crippen LogP contribution in [0.1, 0.15) is 0 Å². The summed E-state index contributed by atoms with van der Waals surface area (Å²) in [7, 11) is 0. The molecule has 5 nitrogen and oxygen atoms in total. The van der Waals surface area contributed by atoms with Crippen LogP contribution in [-0.4, -0.2) is 32.8 Å². The molecule has 2 rings (SSSR count). The lowest BCUT2D eigenvalue weighted by atomic mass is 10.3. The van der Waals surface area contributed by atoms with Gasteiger partial charge in [-0.05, 0) is 12.1 Å². The lowest BCUT2D eigenvalue weighted by molar-refractivity contribution is -0.137. The number of nitrogens with zero attached hydrogens (tertiary/aromatic N) is 1. The second kappa shape index (κ2) is 4.54. The summed E-state index contributed by atoms with van der Waals surface area (Å²) >= 11 is 1.31. The van der Waals surface area contributed by atoms with E-state index < -0.39 is 12.0 Å². The maximum atomic E-state index is 10.5. The lowest BCUT2D eigenvalue weighted by Crippen LogP contribution is -2.32. The Labute approximate surface area is 96.1 Å². The molecule has 0 fully saturated rings. The van der Waals surface area contributed by atoms with Gasteiger partial charge in [-0.15, -0.1) is 0 Å². The third kappa shape index (κ3) is 2.34. The Hall–Kier alpha value is -1.53. The van der Waals surface area contributed by atoms with Gasteiger partial charge in [0.1, 0.15) is 6.04 Å². The number of thioether (sulfide) groups is 1. The van der Waals surface area contributed by atoms with Crippen molar-refractivity contribution in [2.45, 2.75) is 11.2 Å². The molecule has 0 aliphatic rings. The molecule has 1 aromatic heterocycles. The largest absolute Gasteiger partial charge is 0.480 e. The maximum Gasteiger partial charge on any atom is 0.321 e. The van der Waals surface area contributed by atoms with Crippen molar-refractivity contribution in [3.05, 3.63) is 24.3 Å². The van der Waals surface area contributed by atoms with E-state index in [2.05, 4.69) is 9.97 Å². The fourth-order valence-corrected chi connectivity index (χ4v) is 2.06. The Morgan fingerprint density at radius 1 is 1.56 bits per heavy atom. The van der Waals surface area contributed by atoms with Crippen LogP contribution in [-0.2, 0) is 4.79 Å². The van der Waals surface area contributed by atoms with Crippen LogP contribution in [0.25, 0.3) is 11.0 Å². The van der Waals surface area contributed by atoms with E-state index in [1.165, 1.54) is 11.8 Å². The summed E-state index contributed by atoms with van der Waals surface area (Å²) in [5.41, 5.74) is 7.20. The predicted molar refractivity (Wildman–Crippen MR) is 62.4 cm³/mol. The number of benzene rings is 1. The number of rotatable bonds is 4. The topological polar surface area (TPSA) is 92.0 Å². The highest BCUT2D eigenvalue weighted by Gasteiger charge is 2.12. The Morgan fingerprint density at radius 3 is 3.00 bits per heavy atom. The van der Waals surface area contributed by atoms with Crippen molar-refractivity contribution in [1.82, 2.24) is 9.97 Å². The number of imidazole rings is 1. The highest BCUT2D eigenvalue weighted by Crippen LogP contribution is 2.19. The highest BCUT2D eigenvalue weighted by atomic mass is 32.2. The number of nitrogens with one attached hydrogen (secondary N) is 1. The SMILES string of the molecule is NC(CSc1nc2ccccc2[nH]1)C(=O)O. The molecule has 0 bridgehead atoms. The van der Waals surface area contributed by atoms with Gasteiger partial charge in [-0.2, -0.15) is 0 Å². The average molecular weight is 237 g/mol. The van der Waals surface area contributed by atoms with Crippen LogP contribution in [0.5, 0.6) is 0 Å². The fourth-order valence-electron chi connectivity index (χ4n) is 1.24. The van der Waals surface area contributed by atoms with Gasteiger partial charge >= 0.3 is 5.97 Å². The number of aromatic amines is 1. The quantitative estimate of drug-likeness (QED) is 0.692. The van der Waals surface area contributed by atoms with Gasteiger partial charge in [0, 0.05) is 5.75 Å². The zero-order chi connectivity index (χ0) is 11.5. The molecule has 0 spiro atoms. The third-order valence-corrected chi connectivity index (χ3v) is 3.08. The van der Waals surface area contributed by atoms with E-state index in [-0.39, 0.29) is 0 Å². The number of aliphatic carboxylic acids is 1. The van der Waals surface area contributed by atoms with Crippen molar-refractivity contribution in [2.75, 3.05) is 5.75 Å². The van der Waals surface area contributed by atoms with Crippen molar-refractivity contribution in [3.8, 4) is 0 Å². The molecule has 1 unspecified atom stereocenters. The molecule has 84 valence electrons. The number of hydrogen-bond donors (Lipinski definition) is 3. The minimum absolute atomic E-state index is 0.301. The second-order valence-electron chi connectivity index (χ2n) is 3.31. The van der Waals surface area contributed by atoms with Crippen LogP contribution in [0.15, 0.2) is 29.4 Å². The van der Waals surface area contributed by atoms with Crippen LogP contribution < -0.4 is 5.73 Å². The average Bonchev–Trinajstić information content (AvgIpc) is 2.68. The summed E-state index contributed by atoms with van der Waals surface area (Å²) in [6.45, 7) is 0. The van der Waals surface area contributed by atoms with Gasteiger partial charge in [-0.1, -0.05) is 23.9 Å². The second-order valence-corrected chi connectivity index (χ2v) is 4.32. The summed E-state index contributed by atoms with van der Waals surface area (Å²) < 4.78 is 0. The van der Waals surface area contributed by atoms with Gasteiger partial charge in [0.2, 0.25) is 0 Å². The number of fused-ring (bicyclic) bond motifs is 1. The molecule has 0 aliphatic heterocycles. The van der Waals surface area contributed by atoms with E-state index in [0.29, 0.717) is 10.9 Å². The molecule has 2 aromatic rings. The normalized spacial score (nSPS) is 12.8. The number of aromatic nitrogens is 2. The van der Waals surface area contributed by atoms with E-state index in [1.54, 1.807) is 0 Å². The number of carboxylic acid groups (broad SMARTS) is 1. The highest BCUT2D eigenvalue weighted by molar-refractivity contribution is 7.99. The summed E-state index contributed by atoms with van der Waals surface area (Å²) in [4.78, 5) is 17.9. The number of carboxylic acids is 1. The molecule has 1 atom stereocenters. The van der Waals surface area contributed by atoms with Crippen molar-refractivity contribution >= 4 is 28.8 Å². The Kier molecular flexibility index (Phi) is 3.12. The van der Waals surface area contributed by atoms with Crippen molar-refractivity contribution in [1.29, 1.82) is 0 Å². The summed E-state index contributed by atoms with van der Waals surface area (Å²) in [6, 6.07) is 6.77. The van der Waals surface area contributed by atoms with Crippen molar-refractivity contribution in [3.63, 3.8) is 0 Å². The molecule has 1 heterocycles. The smallest absolute Gasteiger partial charge is 0.321 e. The molecule has 4 N–H and O–H groups in total. The Morgan fingerprint density at radius 2 is 2.31 bits per heavy atom. The van der Waals surface area contributed by atoms with Gasteiger partial charge in [0.15, 0.2) is 5.16 Å². The number of para-hydroxylation sites is 2. The van der Waals surface area contributed by atoms with Gasteiger partial charge in [0.05, 0.1) is 11.0 Å². The van der Waals surface area contributed by atoms with Crippen LogP contribution in [0.3, 0.4) is 0 Å². The van der Waals surface area contributed by atoms with E-state index in [0.717, 1.165) is 11.0 Å².